The summed E-state index contributed by atoms with van der Waals surface area (Å²) in [6.45, 7) is 4.72. The van der Waals surface area contributed by atoms with E-state index in [9.17, 15) is 4.79 Å². The molecule has 0 radical (unpaired) electrons. The molecule has 1 atom stereocenters. The zero-order valence-electron chi connectivity index (χ0n) is 8.95. The van der Waals surface area contributed by atoms with Gasteiger partial charge in [-0.15, -0.1) is 0 Å². The molecule has 0 aliphatic rings. The molecule has 0 amide bonds. The minimum absolute atomic E-state index is 0.0958. The molecule has 1 N–H and O–H groups in total. The smallest absolute Gasteiger partial charge is 0.197 e. The fraction of sp³-hybridized carbons (Fsp3) is 0.600. The van der Waals surface area contributed by atoms with Crippen molar-refractivity contribution >= 4 is 5.78 Å². The normalized spacial score (nSPS) is 12.8. The van der Waals surface area contributed by atoms with Gasteiger partial charge in [0.25, 0.3) is 0 Å². The molecule has 14 heavy (non-hydrogen) atoms. The Morgan fingerprint density at radius 3 is 3.00 bits per heavy atom. The fourth-order valence-electron chi connectivity index (χ4n) is 1.28. The Kier molecular flexibility index (Phi) is 3.83. The van der Waals surface area contributed by atoms with Gasteiger partial charge in [0.05, 0.1) is 6.04 Å². The SMILES string of the molecule is CCCn1nccc1C(=O)C(C)NC. The standard InChI is InChI=1S/C10H17N3O/c1-4-7-13-9(5-6-12-13)10(14)8(2)11-3/h5-6,8,11H,4,7H2,1-3H3. The Morgan fingerprint density at radius 2 is 2.43 bits per heavy atom. The van der Waals surface area contributed by atoms with Crippen LogP contribution in [0, 0.1) is 0 Å². The number of nitrogens with zero attached hydrogens (tertiary/aromatic N) is 2. The van der Waals surface area contributed by atoms with Gasteiger partial charge in [-0.3, -0.25) is 9.48 Å². The summed E-state index contributed by atoms with van der Waals surface area (Å²) in [5.41, 5.74) is 0.689. The van der Waals surface area contributed by atoms with E-state index in [0.717, 1.165) is 13.0 Å². The molecule has 0 aliphatic heterocycles. The van der Waals surface area contributed by atoms with Gasteiger partial charge in [0.15, 0.2) is 5.78 Å². The fourth-order valence-corrected chi connectivity index (χ4v) is 1.28. The van der Waals surface area contributed by atoms with Crippen molar-refractivity contribution in [3.05, 3.63) is 18.0 Å². The number of rotatable bonds is 5. The Balaban J connectivity index is 2.83. The maximum Gasteiger partial charge on any atom is 0.197 e. The average molecular weight is 195 g/mol. The second-order valence-corrected chi connectivity index (χ2v) is 3.31. The maximum absolute atomic E-state index is 11.8. The zero-order chi connectivity index (χ0) is 10.6. The van der Waals surface area contributed by atoms with Crippen LogP contribution in [-0.4, -0.2) is 28.7 Å². The number of aryl methyl sites for hydroxylation is 1. The molecule has 0 aromatic carbocycles. The number of aromatic nitrogens is 2. The van der Waals surface area contributed by atoms with Gasteiger partial charge in [0.1, 0.15) is 5.69 Å². The van der Waals surface area contributed by atoms with E-state index < -0.39 is 0 Å². The molecule has 0 spiro atoms. The number of carbonyl (C=O) groups excluding carboxylic acids is 1. The number of nitrogens with one attached hydrogen (secondary N) is 1. The van der Waals surface area contributed by atoms with Crippen LogP contribution in [0.3, 0.4) is 0 Å². The van der Waals surface area contributed by atoms with Crippen LogP contribution in [0.2, 0.25) is 0 Å². The predicted molar refractivity (Wildman–Crippen MR) is 55.4 cm³/mol. The summed E-state index contributed by atoms with van der Waals surface area (Å²) in [5, 5.41) is 7.04. The Bertz CT molecular complexity index is 306. The topological polar surface area (TPSA) is 46.9 Å². The summed E-state index contributed by atoms with van der Waals surface area (Å²) in [7, 11) is 1.78. The van der Waals surface area contributed by atoms with E-state index in [0.29, 0.717) is 5.69 Å². The quantitative estimate of drug-likeness (QED) is 0.715. The lowest BCUT2D eigenvalue weighted by Crippen LogP contribution is -2.32. The molecule has 1 aromatic heterocycles. The number of ketones is 1. The largest absolute Gasteiger partial charge is 0.310 e. The highest BCUT2D eigenvalue weighted by Gasteiger charge is 2.16. The third-order valence-electron chi connectivity index (χ3n) is 2.23. The van der Waals surface area contributed by atoms with Crippen molar-refractivity contribution in [1.82, 2.24) is 15.1 Å². The van der Waals surface area contributed by atoms with Gasteiger partial charge < -0.3 is 5.32 Å². The van der Waals surface area contributed by atoms with E-state index >= 15 is 0 Å². The first-order chi connectivity index (χ1) is 6.70. The Hall–Kier alpha value is -1.16. The van der Waals surface area contributed by atoms with Crippen LogP contribution in [0.5, 0.6) is 0 Å². The molecule has 0 fully saturated rings. The van der Waals surface area contributed by atoms with Gasteiger partial charge in [-0.25, -0.2) is 0 Å². The first-order valence-corrected chi connectivity index (χ1v) is 4.94. The average Bonchev–Trinajstić information content (AvgIpc) is 2.64. The van der Waals surface area contributed by atoms with E-state index in [1.54, 1.807) is 24.0 Å². The predicted octanol–water partition coefficient (Wildman–Crippen LogP) is 1.08. The number of likely N-dealkylation sites (N-methyl/N-ethyl adjacent to an activating group) is 1. The van der Waals surface area contributed by atoms with Crippen LogP contribution < -0.4 is 5.32 Å². The Morgan fingerprint density at radius 1 is 1.71 bits per heavy atom. The number of carbonyl (C=O) groups is 1. The summed E-state index contributed by atoms with van der Waals surface area (Å²) in [6, 6.07) is 1.62. The first kappa shape index (κ1) is 10.9. The van der Waals surface area contributed by atoms with E-state index in [2.05, 4.69) is 17.3 Å². The van der Waals surface area contributed by atoms with E-state index in [4.69, 9.17) is 0 Å². The lowest BCUT2D eigenvalue weighted by atomic mass is 10.1. The molecule has 78 valence electrons. The van der Waals surface area contributed by atoms with Gasteiger partial charge in [-0.2, -0.15) is 5.10 Å². The zero-order valence-corrected chi connectivity index (χ0v) is 8.95. The van der Waals surface area contributed by atoms with Crippen LogP contribution >= 0.6 is 0 Å². The first-order valence-electron chi connectivity index (χ1n) is 4.94. The molecule has 1 aromatic rings. The molecule has 4 nitrogen and oxygen atoms in total. The van der Waals surface area contributed by atoms with Crippen molar-refractivity contribution in [2.45, 2.75) is 32.9 Å². The maximum atomic E-state index is 11.8. The van der Waals surface area contributed by atoms with Crippen LogP contribution in [0.4, 0.5) is 0 Å². The highest BCUT2D eigenvalue weighted by Crippen LogP contribution is 2.04. The summed E-state index contributed by atoms with van der Waals surface area (Å²) >= 11 is 0. The Labute approximate surface area is 84.3 Å². The monoisotopic (exact) mass is 195 g/mol. The molecular formula is C10H17N3O. The number of Topliss-reactive ketones (excluding diaryl/α,β-unsaturated/α-hetero) is 1. The van der Waals surface area contributed by atoms with Crippen LogP contribution in [0.25, 0.3) is 0 Å². The van der Waals surface area contributed by atoms with Crippen molar-refractivity contribution in [3.63, 3.8) is 0 Å². The highest BCUT2D eigenvalue weighted by atomic mass is 16.1. The number of hydrogen-bond donors (Lipinski definition) is 1. The second kappa shape index (κ2) is 4.91. The lowest BCUT2D eigenvalue weighted by Gasteiger charge is -2.10. The molecule has 0 saturated heterocycles. The van der Waals surface area contributed by atoms with Gasteiger partial charge in [-0.05, 0) is 26.5 Å². The molecular weight excluding hydrogens is 178 g/mol. The van der Waals surface area contributed by atoms with Gasteiger partial charge in [-0.1, -0.05) is 6.92 Å². The third kappa shape index (κ3) is 2.20. The van der Waals surface area contributed by atoms with Crippen LogP contribution in [0.15, 0.2) is 12.3 Å². The van der Waals surface area contributed by atoms with Gasteiger partial charge >= 0.3 is 0 Å². The van der Waals surface area contributed by atoms with Crippen LogP contribution in [0.1, 0.15) is 30.8 Å². The van der Waals surface area contributed by atoms with Crippen molar-refractivity contribution in [2.24, 2.45) is 0 Å². The minimum Gasteiger partial charge on any atom is -0.310 e. The third-order valence-corrected chi connectivity index (χ3v) is 2.23. The molecule has 1 unspecified atom stereocenters. The van der Waals surface area contributed by atoms with Crippen molar-refractivity contribution in [1.29, 1.82) is 0 Å². The summed E-state index contributed by atoms with van der Waals surface area (Å²) < 4.78 is 1.76. The van der Waals surface area contributed by atoms with E-state index in [1.807, 2.05) is 6.92 Å². The van der Waals surface area contributed by atoms with Crippen LogP contribution in [-0.2, 0) is 6.54 Å². The summed E-state index contributed by atoms with van der Waals surface area (Å²) in [6.07, 6.45) is 2.65. The molecule has 1 rings (SSSR count). The molecule has 0 bridgehead atoms. The van der Waals surface area contributed by atoms with Gasteiger partial charge in [0.2, 0.25) is 0 Å². The van der Waals surface area contributed by atoms with Crippen molar-refractivity contribution < 1.29 is 4.79 Å². The summed E-state index contributed by atoms with van der Waals surface area (Å²) in [5.74, 6) is 0.0958. The minimum atomic E-state index is -0.151. The van der Waals surface area contributed by atoms with Crippen molar-refractivity contribution in [3.8, 4) is 0 Å². The molecule has 0 aliphatic carbocycles. The van der Waals surface area contributed by atoms with Crippen molar-refractivity contribution in [2.75, 3.05) is 7.05 Å². The molecule has 1 heterocycles. The van der Waals surface area contributed by atoms with E-state index in [1.165, 1.54) is 0 Å². The molecule has 4 heteroatoms. The van der Waals surface area contributed by atoms with E-state index in [-0.39, 0.29) is 11.8 Å². The lowest BCUT2D eigenvalue weighted by molar-refractivity contribution is 0.0944. The second-order valence-electron chi connectivity index (χ2n) is 3.31. The van der Waals surface area contributed by atoms with Gasteiger partial charge in [0, 0.05) is 12.7 Å². The highest BCUT2D eigenvalue weighted by molar-refractivity contribution is 5.98. The molecule has 0 saturated carbocycles. The number of hydrogen-bond acceptors (Lipinski definition) is 3. The summed E-state index contributed by atoms with van der Waals surface area (Å²) in [4.78, 5) is 11.8.